The van der Waals surface area contributed by atoms with Crippen LogP contribution in [0, 0.1) is 12.7 Å². The SMILES string of the molecule is Cc1c(C(F)(F)F)ccc(F)c1N. The van der Waals surface area contributed by atoms with Gasteiger partial charge in [-0.1, -0.05) is 0 Å². The van der Waals surface area contributed by atoms with Gasteiger partial charge < -0.3 is 5.73 Å². The van der Waals surface area contributed by atoms with Crippen molar-refractivity contribution in [1.82, 2.24) is 0 Å². The van der Waals surface area contributed by atoms with Crippen LogP contribution in [-0.4, -0.2) is 0 Å². The molecule has 0 atom stereocenters. The first-order valence-corrected chi connectivity index (χ1v) is 3.46. The summed E-state index contributed by atoms with van der Waals surface area (Å²) in [5.41, 5.74) is 3.49. The normalized spacial score (nSPS) is 11.8. The fraction of sp³-hybridized carbons (Fsp3) is 0.250. The molecule has 0 aliphatic carbocycles. The highest BCUT2D eigenvalue weighted by atomic mass is 19.4. The van der Waals surface area contributed by atoms with E-state index in [2.05, 4.69) is 0 Å². The van der Waals surface area contributed by atoms with E-state index in [0.29, 0.717) is 12.1 Å². The van der Waals surface area contributed by atoms with Gasteiger partial charge >= 0.3 is 6.18 Å². The predicted octanol–water partition coefficient (Wildman–Crippen LogP) is 2.74. The molecule has 0 radical (unpaired) electrons. The minimum Gasteiger partial charge on any atom is -0.396 e. The van der Waals surface area contributed by atoms with Gasteiger partial charge in [0.15, 0.2) is 0 Å². The zero-order chi connectivity index (χ0) is 10.2. The number of hydrogen-bond acceptors (Lipinski definition) is 1. The second-order valence-electron chi connectivity index (χ2n) is 2.63. The first kappa shape index (κ1) is 9.83. The zero-order valence-electron chi connectivity index (χ0n) is 6.74. The molecule has 0 bridgehead atoms. The molecule has 1 aromatic rings. The van der Waals surface area contributed by atoms with E-state index in [1.807, 2.05) is 0 Å². The molecule has 0 aliphatic rings. The molecule has 0 amide bonds. The van der Waals surface area contributed by atoms with Crippen molar-refractivity contribution in [2.75, 3.05) is 5.73 Å². The van der Waals surface area contributed by atoms with Gasteiger partial charge in [-0.15, -0.1) is 0 Å². The van der Waals surface area contributed by atoms with Crippen molar-refractivity contribution in [2.45, 2.75) is 13.1 Å². The fourth-order valence-electron chi connectivity index (χ4n) is 1.00. The smallest absolute Gasteiger partial charge is 0.396 e. The molecule has 0 heterocycles. The number of alkyl halides is 3. The molecule has 0 spiro atoms. The third-order valence-corrected chi connectivity index (χ3v) is 1.77. The first-order valence-electron chi connectivity index (χ1n) is 3.46. The number of nitrogen functional groups attached to an aromatic ring is 1. The Labute approximate surface area is 72.2 Å². The van der Waals surface area contributed by atoms with Crippen molar-refractivity contribution >= 4 is 5.69 Å². The average Bonchev–Trinajstić information content (AvgIpc) is 1.98. The fourth-order valence-corrected chi connectivity index (χ4v) is 1.00. The molecule has 72 valence electrons. The van der Waals surface area contributed by atoms with Crippen molar-refractivity contribution in [3.05, 3.63) is 29.1 Å². The largest absolute Gasteiger partial charge is 0.416 e. The summed E-state index contributed by atoms with van der Waals surface area (Å²) < 4.78 is 49.2. The van der Waals surface area contributed by atoms with Crippen molar-refractivity contribution < 1.29 is 17.6 Å². The average molecular weight is 193 g/mol. The van der Waals surface area contributed by atoms with Crippen LogP contribution in [0.2, 0.25) is 0 Å². The van der Waals surface area contributed by atoms with E-state index in [1.165, 1.54) is 0 Å². The van der Waals surface area contributed by atoms with Crippen LogP contribution in [0.4, 0.5) is 23.2 Å². The predicted molar refractivity (Wildman–Crippen MR) is 40.6 cm³/mol. The van der Waals surface area contributed by atoms with Gasteiger partial charge in [-0.25, -0.2) is 4.39 Å². The lowest BCUT2D eigenvalue weighted by molar-refractivity contribution is -0.138. The minimum atomic E-state index is -4.48. The quantitative estimate of drug-likeness (QED) is 0.497. The standard InChI is InChI=1S/C8H7F4N/c1-4-5(8(10,11)12)2-3-6(9)7(4)13/h2-3H,13H2,1H3. The Morgan fingerprint density at radius 3 is 2.23 bits per heavy atom. The maximum Gasteiger partial charge on any atom is 0.416 e. The summed E-state index contributed by atoms with van der Waals surface area (Å²) in [7, 11) is 0. The molecule has 2 N–H and O–H groups in total. The molecule has 0 saturated carbocycles. The maximum absolute atomic E-state index is 12.7. The third kappa shape index (κ3) is 1.74. The number of anilines is 1. The van der Waals surface area contributed by atoms with Gasteiger partial charge in [-0.3, -0.25) is 0 Å². The van der Waals surface area contributed by atoms with E-state index in [1.54, 1.807) is 0 Å². The van der Waals surface area contributed by atoms with Gasteiger partial charge in [-0.2, -0.15) is 13.2 Å². The summed E-state index contributed by atoms with van der Waals surface area (Å²) in [5, 5.41) is 0. The Morgan fingerprint density at radius 1 is 1.23 bits per heavy atom. The van der Waals surface area contributed by atoms with E-state index in [-0.39, 0.29) is 5.56 Å². The molecular formula is C8H7F4N. The Balaban J connectivity index is 3.35. The van der Waals surface area contributed by atoms with E-state index < -0.39 is 23.2 Å². The van der Waals surface area contributed by atoms with Gasteiger partial charge in [0.2, 0.25) is 0 Å². The number of rotatable bonds is 0. The van der Waals surface area contributed by atoms with E-state index in [0.717, 1.165) is 6.92 Å². The lowest BCUT2D eigenvalue weighted by Gasteiger charge is -2.11. The summed E-state index contributed by atoms with van der Waals surface area (Å²) in [6.45, 7) is 1.14. The minimum absolute atomic E-state index is 0.271. The molecule has 0 aromatic heterocycles. The number of halogens is 4. The second kappa shape index (κ2) is 2.90. The van der Waals surface area contributed by atoms with Gasteiger partial charge in [0.1, 0.15) is 5.82 Å². The van der Waals surface area contributed by atoms with Crippen molar-refractivity contribution in [2.24, 2.45) is 0 Å². The Kier molecular flexibility index (Phi) is 2.19. The summed E-state index contributed by atoms with van der Waals surface area (Å²) in [4.78, 5) is 0. The molecule has 5 heteroatoms. The zero-order valence-corrected chi connectivity index (χ0v) is 6.74. The van der Waals surface area contributed by atoms with Crippen LogP contribution in [-0.2, 0) is 6.18 Å². The highest BCUT2D eigenvalue weighted by Gasteiger charge is 2.33. The van der Waals surface area contributed by atoms with Crippen LogP contribution in [0.5, 0.6) is 0 Å². The first-order chi connectivity index (χ1) is 5.84. The van der Waals surface area contributed by atoms with Crippen LogP contribution in [0.1, 0.15) is 11.1 Å². The highest BCUT2D eigenvalue weighted by molar-refractivity contribution is 5.52. The van der Waals surface area contributed by atoms with Crippen LogP contribution in [0.15, 0.2) is 12.1 Å². The van der Waals surface area contributed by atoms with Gasteiger partial charge in [-0.05, 0) is 24.6 Å². The molecule has 13 heavy (non-hydrogen) atoms. The Bertz CT molecular complexity index is 330. The third-order valence-electron chi connectivity index (χ3n) is 1.77. The summed E-state index contributed by atoms with van der Waals surface area (Å²) >= 11 is 0. The molecule has 1 aromatic carbocycles. The maximum atomic E-state index is 12.7. The molecule has 0 saturated heterocycles. The van der Waals surface area contributed by atoms with Crippen molar-refractivity contribution in [1.29, 1.82) is 0 Å². The van der Waals surface area contributed by atoms with Crippen LogP contribution in [0.3, 0.4) is 0 Å². The Hall–Kier alpha value is -1.26. The molecule has 1 rings (SSSR count). The van der Waals surface area contributed by atoms with Gasteiger partial charge in [0.05, 0.1) is 11.3 Å². The number of benzene rings is 1. The molecule has 0 fully saturated rings. The van der Waals surface area contributed by atoms with Gasteiger partial charge in [0.25, 0.3) is 0 Å². The number of hydrogen-bond donors (Lipinski definition) is 1. The van der Waals surface area contributed by atoms with E-state index in [9.17, 15) is 17.6 Å². The van der Waals surface area contributed by atoms with Crippen molar-refractivity contribution in [3.63, 3.8) is 0 Å². The Morgan fingerprint density at radius 2 is 1.77 bits per heavy atom. The van der Waals surface area contributed by atoms with Gasteiger partial charge in [0, 0.05) is 0 Å². The number of nitrogens with two attached hydrogens (primary N) is 1. The molecule has 0 unspecified atom stereocenters. The van der Waals surface area contributed by atoms with Crippen molar-refractivity contribution in [3.8, 4) is 0 Å². The monoisotopic (exact) mass is 193 g/mol. The van der Waals surface area contributed by atoms with E-state index in [4.69, 9.17) is 5.73 Å². The second-order valence-corrected chi connectivity index (χ2v) is 2.63. The topological polar surface area (TPSA) is 26.0 Å². The molecule has 0 aliphatic heterocycles. The van der Waals surface area contributed by atoms with Crippen LogP contribution in [0.25, 0.3) is 0 Å². The summed E-state index contributed by atoms with van der Waals surface area (Å²) in [6.07, 6.45) is -4.48. The lowest BCUT2D eigenvalue weighted by atomic mass is 10.1. The lowest BCUT2D eigenvalue weighted by Crippen LogP contribution is -2.10. The molecule has 1 nitrogen and oxygen atoms in total. The van der Waals surface area contributed by atoms with Crippen LogP contribution >= 0.6 is 0 Å². The highest BCUT2D eigenvalue weighted by Crippen LogP contribution is 2.34. The summed E-state index contributed by atoms with van der Waals surface area (Å²) in [5.74, 6) is -0.828. The van der Waals surface area contributed by atoms with Crippen LogP contribution < -0.4 is 5.73 Å². The molecular weight excluding hydrogens is 186 g/mol. The summed E-state index contributed by atoms with van der Waals surface area (Å²) in [6, 6.07) is 1.40. The van der Waals surface area contributed by atoms with E-state index >= 15 is 0 Å².